The van der Waals surface area contributed by atoms with Gasteiger partial charge in [0.1, 0.15) is 0 Å². The van der Waals surface area contributed by atoms with Crippen molar-refractivity contribution in [2.75, 3.05) is 6.61 Å². The Kier molecular flexibility index (Phi) is 3.38. The van der Waals surface area contributed by atoms with E-state index in [1.165, 1.54) is 10.6 Å². The maximum absolute atomic E-state index is 5.51. The van der Waals surface area contributed by atoms with E-state index in [0.29, 0.717) is 12.1 Å². The van der Waals surface area contributed by atoms with Gasteiger partial charge in [0.25, 0.3) is 0 Å². The Morgan fingerprint density at radius 3 is 2.87 bits per heavy atom. The third kappa shape index (κ3) is 2.56. The van der Waals surface area contributed by atoms with Gasteiger partial charge in [0.05, 0.1) is 16.8 Å². The van der Waals surface area contributed by atoms with E-state index in [1.807, 2.05) is 0 Å². The van der Waals surface area contributed by atoms with Gasteiger partial charge in [0, 0.05) is 24.1 Å². The van der Waals surface area contributed by atoms with Crippen molar-refractivity contribution < 1.29 is 4.74 Å². The summed E-state index contributed by atoms with van der Waals surface area (Å²) < 4.78 is 5.51. The lowest BCUT2D eigenvalue weighted by Crippen LogP contribution is -2.34. The second-order valence-electron chi connectivity index (χ2n) is 4.09. The average molecular weight is 226 g/mol. The number of hydrogen-bond acceptors (Lipinski definition) is 4. The van der Waals surface area contributed by atoms with Gasteiger partial charge >= 0.3 is 0 Å². The van der Waals surface area contributed by atoms with Gasteiger partial charge in [0.2, 0.25) is 0 Å². The van der Waals surface area contributed by atoms with Crippen LogP contribution in [0, 0.1) is 13.8 Å². The van der Waals surface area contributed by atoms with Crippen LogP contribution in [0.5, 0.6) is 0 Å². The van der Waals surface area contributed by atoms with E-state index < -0.39 is 0 Å². The summed E-state index contributed by atoms with van der Waals surface area (Å²) in [5, 5.41) is 4.67. The Morgan fingerprint density at radius 2 is 2.33 bits per heavy atom. The van der Waals surface area contributed by atoms with Gasteiger partial charge in [-0.2, -0.15) is 0 Å². The molecule has 0 aliphatic carbocycles. The SMILES string of the molecule is Cc1nc(CNC2CCOC2C)c(C)s1. The van der Waals surface area contributed by atoms with Gasteiger partial charge in [-0.25, -0.2) is 4.98 Å². The fourth-order valence-corrected chi connectivity index (χ4v) is 2.80. The first-order chi connectivity index (χ1) is 7.16. The molecule has 2 unspecified atom stereocenters. The van der Waals surface area contributed by atoms with Gasteiger partial charge in [-0.15, -0.1) is 11.3 Å². The molecule has 84 valence electrons. The molecule has 2 heterocycles. The van der Waals surface area contributed by atoms with Crippen molar-refractivity contribution >= 4 is 11.3 Å². The van der Waals surface area contributed by atoms with E-state index in [9.17, 15) is 0 Å². The number of nitrogens with one attached hydrogen (secondary N) is 1. The smallest absolute Gasteiger partial charge is 0.0900 e. The second-order valence-corrected chi connectivity index (χ2v) is 5.50. The summed E-state index contributed by atoms with van der Waals surface area (Å²) in [7, 11) is 0. The average Bonchev–Trinajstić information content (AvgIpc) is 2.70. The predicted octanol–water partition coefficient (Wildman–Crippen LogP) is 2.03. The van der Waals surface area contributed by atoms with Crippen molar-refractivity contribution in [1.82, 2.24) is 10.3 Å². The summed E-state index contributed by atoms with van der Waals surface area (Å²) in [5.41, 5.74) is 1.19. The molecule has 1 aromatic heterocycles. The molecule has 1 aromatic rings. The predicted molar refractivity (Wildman–Crippen MR) is 62.2 cm³/mol. The third-order valence-corrected chi connectivity index (χ3v) is 3.84. The van der Waals surface area contributed by atoms with Gasteiger partial charge in [-0.3, -0.25) is 0 Å². The standard InChI is InChI=1S/C11H18N2OS/c1-7-10(4-5-14-7)12-6-11-8(2)15-9(3)13-11/h7,10,12H,4-6H2,1-3H3. The molecular weight excluding hydrogens is 208 g/mol. The summed E-state index contributed by atoms with van der Waals surface area (Å²) in [6, 6.07) is 0.492. The lowest BCUT2D eigenvalue weighted by Gasteiger charge is -2.15. The molecule has 1 saturated heterocycles. The maximum Gasteiger partial charge on any atom is 0.0900 e. The van der Waals surface area contributed by atoms with Crippen molar-refractivity contribution in [2.45, 2.75) is 45.9 Å². The van der Waals surface area contributed by atoms with Crippen LogP contribution >= 0.6 is 11.3 Å². The highest BCUT2D eigenvalue weighted by molar-refractivity contribution is 7.11. The molecule has 0 radical (unpaired) electrons. The van der Waals surface area contributed by atoms with Gasteiger partial charge in [0.15, 0.2) is 0 Å². The Hall–Kier alpha value is -0.450. The Morgan fingerprint density at radius 1 is 1.53 bits per heavy atom. The highest BCUT2D eigenvalue weighted by Gasteiger charge is 2.23. The monoisotopic (exact) mass is 226 g/mol. The molecular formula is C11H18N2OS. The minimum Gasteiger partial charge on any atom is -0.377 e. The topological polar surface area (TPSA) is 34.2 Å². The summed E-state index contributed by atoms with van der Waals surface area (Å²) in [6.45, 7) is 8.07. The first-order valence-corrected chi connectivity index (χ1v) is 6.26. The van der Waals surface area contributed by atoms with Crippen molar-refractivity contribution in [1.29, 1.82) is 0 Å². The molecule has 3 nitrogen and oxygen atoms in total. The Labute approximate surface area is 94.9 Å². The molecule has 2 rings (SSSR count). The first kappa shape index (κ1) is 11.0. The zero-order chi connectivity index (χ0) is 10.8. The Balaban J connectivity index is 1.90. The van der Waals surface area contributed by atoms with Crippen LogP contribution in [-0.2, 0) is 11.3 Å². The summed E-state index contributed by atoms with van der Waals surface area (Å²) in [4.78, 5) is 5.84. The van der Waals surface area contributed by atoms with Crippen molar-refractivity contribution in [3.63, 3.8) is 0 Å². The number of hydrogen-bond donors (Lipinski definition) is 1. The van der Waals surface area contributed by atoms with Gasteiger partial charge in [-0.1, -0.05) is 0 Å². The molecule has 1 aliphatic rings. The van der Waals surface area contributed by atoms with E-state index in [-0.39, 0.29) is 0 Å². The zero-order valence-corrected chi connectivity index (χ0v) is 10.4. The van der Waals surface area contributed by atoms with Crippen molar-refractivity contribution in [3.8, 4) is 0 Å². The summed E-state index contributed by atoms with van der Waals surface area (Å²) in [6.07, 6.45) is 1.45. The minimum absolute atomic E-state index is 0.338. The number of ether oxygens (including phenoxy) is 1. The Bertz CT molecular complexity index is 337. The van der Waals surface area contributed by atoms with Crippen LogP contribution in [0.2, 0.25) is 0 Å². The fourth-order valence-electron chi connectivity index (χ4n) is 1.96. The normalized spacial score (nSPS) is 26.1. The van der Waals surface area contributed by atoms with Gasteiger partial charge < -0.3 is 10.1 Å². The highest BCUT2D eigenvalue weighted by atomic mass is 32.1. The van der Waals surface area contributed by atoms with E-state index in [2.05, 4.69) is 31.1 Å². The molecule has 2 atom stereocenters. The third-order valence-electron chi connectivity index (χ3n) is 2.91. The summed E-state index contributed by atoms with van der Waals surface area (Å²) >= 11 is 1.77. The van der Waals surface area contributed by atoms with Crippen LogP contribution in [0.3, 0.4) is 0 Å². The molecule has 0 amide bonds. The van der Waals surface area contributed by atoms with Gasteiger partial charge in [-0.05, 0) is 27.2 Å². The van der Waals surface area contributed by atoms with Crippen molar-refractivity contribution in [3.05, 3.63) is 15.6 Å². The van der Waals surface area contributed by atoms with Crippen LogP contribution in [0.25, 0.3) is 0 Å². The van der Waals surface area contributed by atoms with E-state index in [4.69, 9.17) is 4.74 Å². The number of rotatable bonds is 3. The van der Waals surface area contributed by atoms with Crippen LogP contribution in [-0.4, -0.2) is 23.7 Å². The summed E-state index contributed by atoms with van der Waals surface area (Å²) in [5.74, 6) is 0. The lowest BCUT2D eigenvalue weighted by atomic mass is 10.1. The number of nitrogens with zero attached hydrogens (tertiary/aromatic N) is 1. The van der Waals surface area contributed by atoms with Crippen molar-refractivity contribution in [2.24, 2.45) is 0 Å². The molecule has 0 spiro atoms. The largest absolute Gasteiger partial charge is 0.377 e. The number of aryl methyl sites for hydroxylation is 2. The molecule has 1 fully saturated rings. The highest BCUT2D eigenvalue weighted by Crippen LogP contribution is 2.18. The molecule has 0 aromatic carbocycles. The van der Waals surface area contributed by atoms with Crippen LogP contribution in [0.15, 0.2) is 0 Å². The number of thiazole rings is 1. The van der Waals surface area contributed by atoms with Crippen LogP contribution in [0.1, 0.15) is 28.9 Å². The second kappa shape index (κ2) is 4.60. The molecule has 1 aliphatic heterocycles. The quantitative estimate of drug-likeness (QED) is 0.856. The number of aromatic nitrogens is 1. The zero-order valence-electron chi connectivity index (χ0n) is 9.54. The molecule has 4 heteroatoms. The van der Waals surface area contributed by atoms with Crippen LogP contribution in [0.4, 0.5) is 0 Å². The fraction of sp³-hybridized carbons (Fsp3) is 0.727. The maximum atomic E-state index is 5.51. The van der Waals surface area contributed by atoms with E-state index >= 15 is 0 Å². The van der Waals surface area contributed by atoms with E-state index in [0.717, 1.165) is 24.6 Å². The molecule has 0 bridgehead atoms. The minimum atomic E-state index is 0.338. The lowest BCUT2D eigenvalue weighted by molar-refractivity contribution is 0.113. The van der Waals surface area contributed by atoms with E-state index in [1.54, 1.807) is 11.3 Å². The molecule has 1 N–H and O–H groups in total. The molecule has 0 saturated carbocycles. The molecule has 15 heavy (non-hydrogen) atoms. The first-order valence-electron chi connectivity index (χ1n) is 5.44. The van der Waals surface area contributed by atoms with Crippen LogP contribution < -0.4 is 5.32 Å².